The molecule has 0 aromatic heterocycles. The van der Waals surface area contributed by atoms with E-state index < -0.39 is 6.17 Å². The maximum Gasteiger partial charge on any atom is 0.237 e. The molecule has 2 heterocycles. The van der Waals surface area contributed by atoms with Gasteiger partial charge in [-0.2, -0.15) is 10.5 Å². The second-order valence-electron chi connectivity index (χ2n) is 14.9. The topological polar surface area (TPSA) is 120 Å². The van der Waals surface area contributed by atoms with Gasteiger partial charge in [0.2, 0.25) is 5.91 Å². The lowest BCUT2D eigenvalue weighted by Gasteiger charge is -2.28. The Morgan fingerprint density at radius 1 is 0.929 bits per heavy atom. The monoisotopic (exact) mass is 775 g/mol. The molecule has 1 amide bonds. The molecule has 1 aliphatic carbocycles. The number of halogens is 2. The molecule has 2 N–H and O–H groups in total. The van der Waals surface area contributed by atoms with Crippen molar-refractivity contribution in [2.45, 2.75) is 83.3 Å². The summed E-state index contributed by atoms with van der Waals surface area (Å²) in [4.78, 5) is 14.8. The van der Waals surface area contributed by atoms with Gasteiger partial charge in [0.15, 0.2) is 0 Å². The molecule has 0 spiro atoms. The maximum absolute atomic E-state index is 13.5. The summed E-state index contributed by atoms with van der Waals surface area (Å²) in [7, 11) is 0. The van der Waals surface area contributed by atoms with Crippen LogP contribution in [0.15, 0.2) is 66.7 Å². The smallest absolute Gasteiger partial charge is 0.237 e. The minimum absolute atomic E-state index is 0.0292. The van der Waals surface area contributed by atoms with E-state index in [-0.39, 0.29) is 24.7 Å². The van der Waals surface area contributed by atoms with E-state index in [1.807, 2.05) is 18.2 Å². The van der Waals surface area contributed by atoms with Gasteiger partial charge in [0.05, 0.1) is 40.9 Å². The Balaban J connectivity index is 1.08. The van der Waals surface area contributed by atoms with Crippen molar-refractivity contribution in [3.05, 3.63) is 111 Å². The summed E-state index contributed by atoms with van der Waals surface area (Å²) in [5, 5.41) is 25.7. The third-order valence-corrected chi connectivity index (χ3v) is 11.3. The molecule has 0 unspecified atom stereocenters. The third-order valence-electron chi connectivity index (χ3n) is 11.0. The Morgan fingerprint density at radius 3 is 2.46 bits per heavy atom. The van der Waals surface area contributed by atoms with Crippen molar-refractivity contribution >= 4 is 17.5 Å². The Bertz CT molecular complexity index is 2110. The Hall–Kier alpha value is -5.13. The highest BCUT2D eigenvalue weighted by atomic mass is 35.5. The van der Waals surface area contributed by atoms with Crippen LogP contribution in [0.5, 0.6) is 17.2 Å². The lowest BCUT2D eigenvalue weighted by Crippen LogP contribution is -2.47. The van der Waals surface area contributed by atoms with Crippen molar-refractivity contribution in [2.24, 2.45) is 0 Å². The second kappa shape index (κ2) is 18.2. The molecule has 3 aliphatic rings. The zero-order valence-corrected chi connectivity index (χ0v) is 32.5. The van der Waals surface area contributed by atoms with Gasteiger partial charge in [0, 0.05) is 44.4 Å². The van der Waals surface area contributed by atoms with Gasteiger partial charge in [-0.25, -0.2) is 4.39 Å². The van der Waals surface area contributed by atoms with Gasteiger partial charge in [0.25, 0.3) is 0 Å². The van der Waals surface area contributed by atoms with Crippen LogP contribution in [0, 0.1) is 29.6 Å². The van der Waals surface area contributed by atoms with Gasteiger partial charge >= 0.3 is 0 Å². The lowest BCUT2D eigenvalue weighted by atomic mass is 9.93. The van der Waals surface area contributed by atoms with Crippen LogP contribution in [0.25, 0.3) is 11.1 Å². The number of alkyl halides is 1. The van der Waals surface area contributed by atoms with Gasteiger partial charge in [0.1, 0.15) is 36.1 Å². The van der Waals surface area contributed by atoms with Crippen LogP contribution in [-0.4, -0.2) is 55.8 Å². The van der Waals surface area contributed by atoms with Crippen molar-refractivity contribution in [1.82, 2.24) is 15.5 Å². The lowest BCUT2D eigenvalue weighted by molar-refractivity contribution is -0.124. The number of fused-ring (bicyclic) bond motifs is 1. The standard InChI is InChI=1S/C45H47ClFN5O4/c1-29-35(6-3-10-41(29)54-19-5-16-52-17-13-34(47)14-18-52)36-7-2-8-38-37(36)11-12-42(38)56-44-24-43(55-28-32-21-30(25-48)20-31(22-32)26-49)33(23-39(44)46)27-51-40-9-4-15-50-45(40)53/h2-3,6-8,10,20-24,34,40,42,51H,4-5,9,11-19,27-28H2,1H3,(H,50,53)/t40-,42+/m1/s1. The number of nitrogens with one attached hydrogen (secondary N) is 2. The van der Waals surface area contributed by atoms with E-state index in [1.165, 1.54) is 5.56 Å². The molecule has 4 aromatic rings. The summed E-state index contributed by atoms with van der Waals surface area (Å²) < 4.78 is 32.9. The van der Waals surface area contributed by atoms with E-state index >= 15 is 0 Å². The normalized spacial score (nSPS) is 18.4. The molecular weight excluding hydrogens is 729 g/mol. The average molecular weight is 776 g/mol. The zero-order chi connectivity index (χ0) is 39.0. The van der Waals surface area contributed by atoms with Gasteiger partial charge in [-0.3, -0.25) is 4.79 Å². The molecular formula is C45H47ClFN5O4. The summed E-state index contributed by atoms with van der Waals surface area (Å²) >= 11 is 6.93. The fraction of sp³-hybridized carbons (Fsp3) is 0.400. The highest BCUT2D eigenvalue weighted by molar-refractivity contribution is 6.32. The maximum atomic E-state index is 13.5. The molecule has 2 atom stereocenters. The van der Waals surface area contributed by atoms with Crippen LogP contribution in [-0.2, 0) is 24.4 Å². The number of ether oxygens (including phenoxy) is 3. The van der Waals surface area contributed by atoms with Crippen molar-refractivity contribution in [3.8, 4) is 40.5 Å². The Kier molecular flexibility index (Phi) is 12.7. The minimum Gasteiger partial charge on any atom is -0.493 e. The van der Waals surface area contributed by atoms with E-state index in [0.29, 0.717) is 65.8 Å². The predicted octanol–water partition coefficient (Wildman–Crippen LogP) is 8.28. The number of carbonyl (C=O) groups excluding carboxylic acids is 1. The van der Waals surface area contributed by atoms with Crippen LogP contribution in [0.1, 0.15) is 83.6 Å². The number of piperidine rings is 2. The summed E-state index contributed by atoms with van der Waals surface area (Å²) in [6.07, 6.45) is 4.46. The van der Waals surface area contributed by atoms with Crippen LogP contribution in [0.3, 0.4) is 0 Å². The van der Waals surface area contributed by atoms with Crippen LogP contribution in [0.2, 0.25) is 5.02 Å². The minimum atomic E-state index is -0.662. The van der Waals surface area contributed by atoms with Crippen LogP contribution in [0.4, 0.5) is 4.39 Å². The van der Waals surface area contributed by atoms with Crippen molar-refractivity contribution in [2.75, 3.05) is 32.8 Å². The highest BCUT2D eigenvalue weighted by Gasteiger charge is 2.29. The van der Waals surface area contributed by atoms with Crippen molar-refractivity contribution in [3.63, 3.8) is 0 Å². The Morgan fingerprint density at radius 2 is 1.70 bits per heavy atom. The Labute approximate surface area is 333 Å². The van der Waals surface area contributed by atoms with Gasteiger partial charge < -0.3 is 29.7 Å². The molecule has 9 nitrogen and oxygen atoms in total. The van der Waals surface area contributed by atoms with Crippen LogP contribution < -0.4 is 24.8 Å². The van der Waals surface area contributed by atoms with Crippen LogP contribution >= 0.6 is 11.6 Å². The fourth-order valence-electron chi connectivity index (χ4n) is 8.01. The molecule has 2 saturated heterocycles. The first-order chi connectivity index (χ1) is 27.3. The van der Waals surface area contributed by atoms with Gasteiger partial charge in [-0.15, -0.1) is 0 Å². The number of carbonyl (C=O) groups is 1. The molecule has 7 rings (SSSR count). The SMILES string of the molecule is Cc1c(OCCCN2CCC(F)CC2)cccc1-c1cccc2c1CC[C@@H]2Oc1cc(OCc2cc(C#N)cc(C#N)c2)c(CN[C@@H]2CCCNC2=O)cc1Cl. The number of nitriles is 2. The molecule has 2 fully saturated rings. The van der Waals surface area contributed by atoms with Gasteiger partial charge in [-0.05, 0) is 116 Å². The molecule has 2 aliphatic heterocycles. The summed E-state index contributed by atoms with van der Waals surface area (Å²) in [6.45, 7) is 6.37. The van der Waals surface area contributed by atoms with E-state index in [1.54, 1.807) is 24.3 Å². The van der Waals surface area contributed by atoms with Gasteiger partial charge in [-0.1, -0.05) is 41.9 Å². The number of amides is 1. The molecule has 4 aromatic carbocycles. The van der Waals surface area contributed by atoms with E-state index in [0.717, 1.165) is 85.3 Å². The van der Waals surface area contributed by atoms with E-state index in [4.69, 9.17) is 25.8 Å². The zero-order valence-electron chi connectivity index (χ0n) is 31.7. The largest absolute Gasteiger partial charge is 0.493 e. The van der Waals surface area contributed by atoms with E-state index in [9.17, 15) is 19.7 Å². The second-order valence-corrected chi connectivity index (χ2v) is 15.3. The summed E-state index contributed by atoms with van der Waals surface area (Å²) in [6, 6.07) is 25.0. The molecule has 11 heteroatoms. The molecule has 56 heavy (non-hydrogen) atoms. The summed E-state index contributed by atoms with van der Waals surface area (Å²) in [5.41, 5.74) is 7.91. The predicted molar refractivity (Wildman–Crippen MR) is 214 cm³/mol. The number of rotatable bonds is 14. The number of nitrogens with zero attached hydrogens (tertiary/aromatic N) is 3. The summed E-state index contributed by atoms with van der Waals surface area (Å²) in [5.74, 6) is 1.85. The number of hydrogen-bond donors (Lipinski definition) is 2. The average Bonchev–Trinajstić information content (AvgIpc) is 3.63. The van der Waals surface area contributed by atoms with E-state index in [2.05, 4.69) is 58.9 Å². The van der Waals surface area contributed by atoms with Crippen molar-refractivity contribution in [1.29, 1.82) is 10.5 Å². The first-order valence-corrected chi connectivity index (χ1v) is 20.0. The number of likely N-dealkylation sites (tertiary alicyclic amines) is 1. The molecule has 0 bridgehead atoms. The quantitative estimate of drug-likeness (QED) is 0.123. The first kappa shape index (κ1) is 39.1. The third kappa shape index (κ3) is 9.28. The first-order valence-electron chi connectivity index (χ1n) is 19.6. The molecule has 0 saturated carbocycles. The fourth-order valence-corrected chi connectivity index (χ4v) is 8.24. The molecule has 0 radical (unpaired) electrons. The van der Waals surface area contributed by atoms with Crippen molar-refractivity contribution < 1.29 is 23.4 Å². The highest BCUT2D eigenvalue weighted by Crippen LogP contribution is 2.44. The number of benzene rings is 4. The number of hydrogen-bond acceptors (Lipinski definition) is 8. The molecule has 290 valence electrons.